The molecule has 1 aromatic rings. The standard InChI is InChI=1S/C13H15F2NO3/c1-12(11(18)19,16-10(17)13(2,14)15)8-9-6-4-3-5-7-9/h3-7H,8H2,1-2H3,(H,16,17)(H,18,19). The maximum Gasteiger partial charge on any atom is 0.329 e. The highest BCUT2D eigenvalue weighted by atomic mass is 19.3. The monoisotopic (exact) mass is 271 g/mol. The van der Waals surface area contributed by atoms with Crippen molar-refractivity contribution in [3.63, 3.8) is 0 Å². The quantitative estimate of drug-likeness (QED) is 0.858. The Morgan fingerprint density at radius 3 is 2.16 bits per heavy atom. The molecule has 0 heterocycles. The molecule has 0 aliphatic heterocycles. The molecule has 1 unspecified atom stereocenters. The average molecular weight is 271 g/mol. The van der Waals surface area contributed by atoms with Crippen molar-refractivity contribution in [2.24, 2.45) is 0 Å². The van der Waals surface area contributed by atoms with E-state index in [1.54, 1.807) is 30.3 Å². The summed E-state index contributed by atoms with van der Waals surface area (Å²) in [7, 11) is 0. The molecule has 104 valence electrons. The summed E-state index contributed by atoms with van der Waals surface area (Å²) >= 11 is 0. The summed E-state index contributed by atoms with van der Waals surface area (Å²) in [6.45, 7) is 1.62. The molecule has 1 atom stereocenters. The van der Waals surface area contributed by atoms with Gasteiger partial charge in [-0.05, 0) is 12.5 Å². The van der Waals surface area contributed by atoms with E-state index < -0.39 is 23.3 Å². The Kier molecular flexibility index (Phi) is 4.24. The van der Waals surface area contributed by atoms with Gasteiger partial charge in [-0.25, -0.2) is 4.79 Å². The second-order valence-corrected chi connectivity index (χ2v) is 4.64. The van der Waals surface area contributed by atoms with Gasteiger partial charge in [0, 0.05) is 13.3 Å². The van der Waals surface area contributed by atoms with Crippen LogP contribution < -0.4 is 5.32 Å². The van der Waals surface area contributed by atoms with Crippen molar-refractivity contribution >= 4 is 11.9 Å². The Morgan fingerprint density at radius 2 is 1.74 bits per heavy atom. The molecular formula is C13H15F2NO3. The zero-order valence-corrected chi connectivity index (χ0v) is 10.6. The lowest BCUT2D eigenvalue weighted by atomic mass is 9.92. The van der Waals surface area contributed by atoms with Crippen LogP contribution in [0.5, 0.6) is 0 Å². The van der Waals surface area contributed by atoms with Crippen molar-refractivity contribution in [3.8, 4) is 0 Å². The fourth-order valence-electron chi connectivity index (χ4n) is 1.54. The van der Waals surface area contributed by atoms with Gasteiger partial charge in [-0.1, -0.05) is 30.3 Å². The molecule has 0 fully saturated rings. The molecule has 1 amide bonds. The van der Waals surface area contributed by atoms with Gasteiger partial charge in [0.25, 0.3) is 5.91 Å². The number of carboxylic acids is 1. The van der Waals surface area contributed by atoms with Crippen LogP contribution in [0, 0.1) is 0 Å². The number of aliphatic carboxylic acids is 1. The Hall–Kier alpha value is -1.98. The molecule has 0 radical (unpaired) electrons. The third-order valence-corrected chi connectivity index (χ3v) is 2.66. The van der Waals surface area contributed by atoms with Gasteiger partial charge in [-0.2, -0.15) is 8.78 Å². The number of carboxylic acid groups (broad SMARTS) is 1. The number of carbonyl (C=O) groups is 2. The smallest absolute Gasteiger partial charge is 0.329 e. The summed E-state index contributed by atoms with van der Waals surface area (Å²) in [6, 6.07) is 8.48. The third kappa shape index (κ3) is 4.01. The first-order valence-electron chi connectivity index (χ1n) is 5.63. The molecule has 19 heavy (non-hydrogen) atoms. The van der Waals surface area contributed by atoms with Crippen LogP contribution in [0.25, 0.3) is 0 Å². The van der Waals surface area contributed by atoms with Crippen LogP contribution in [-0.4, -0.2) is 28.4 Å². The molecule has 0 saturated heterocycles. The van der Waals surface area contributed by atoms with Crippen molar-refractivity contribution in [1.82, 2.24) is 5.32 Å². The van der Waals surface area contributed by atoms with E-state index >= 15 is 0 Å². The van der Waals surface area contributed by atoms with E-state index in [4.69, 9.17) is 5.11 Å². The Balaban J connectivity index is 2.93. The number of rotatable bonds is 5. The third-order valence-electron chi connectivity index (χ3n) is 2.66. The van der Waals surface area contributed by atoms with E-state index in [2.05, 4.69) is 0 Å². The Bertz CT molecular complexity index is 471. The second kappa shape index (κ2) is 5.34. The molecule has 0 saturated carbocycles. The number of nitrogens with one attached hydrogen (secondary N) is 1. The number of alkyl halides is 2. The SMILES string of the molecule is CC(F)(F)C(=O)NC(C)(Cc1ccccc1)C(=O)O. The van der Waals surface area contributed by atoms with Crippen molar-refractivity contribution in [2.75, 3.05) is 0 Å². The van der Waals surface area contributed by atoms with E-state index in [9.17, 15) is 18.4 Å². The maximum atomic E-state index is 12.8. The lowest BCUT2D eigenvalue weighted by Gasteiger charge is -2.27. The Morgan fingerprint density at radius 1 is 1.21 bits per heavy atom. The molecule has 0 bridgehead atoms. The highest BCUT2D eigenvalue weighted by Gasteiger charge is 2.41. The van der Waals surface area contributed by atoms with Gasteiger partial charge in [0.05, 0.1) is 0 Å². The largest absolute Gasteiger partial charge is 0.480 e. The zero-order chi connectivity index (χ0) is 14.7. The van der Waals surface area contributed by atoms with Crippen molar-refractivity contribution in [2.45, 2.75) is 31.7 Å². The summed E-state index contributed by atoms with van der Waals surface area (Å²) in [5, 5.41) is 11.0. The molecule has 0 aliphatic carbocycles. The summed E-state index contributed by atoms with van der Waals surface area (Å²) in [5.41, 5.74) is -1.15. The van der Waals surface area contributed by atoms with Gasteiger partial charge in [-0.3, -0.25) is 4.79 Å². The number of hydrogen-bond donors (Lipinski definition) is 2. The van der Waals surface area contributed by atoms with E-state index in [1.165, 1.54) is 6.92 Å². The number of benzene rings is 1. The normalized spacial score (nSPS) is 14.5. The average Bonchev–Trinajstić information content (AvgIpc) is 2.28. The zero-order valence-electron chi connectivity index (χ0n) is 10.6. The first-order valence-corrected chi connectivity index (χ1v) is 5.63. The summed E-state index contributed by atoms with van der Waals surface area (Å²) in [4.78, 5) is 22.5. The lowest BCUT2D eigenvalue weighted by Crippen LogP contribution is -2.57. The van der Waals surface area contributed by atoms with Gasteiger partial charge < -0.3 is 10.4 Å². The van der Waals surface area contributed by atoms with E-state index in [1.807, 2.05) is 5.32 Å². The Labute approximate surface area is 109 Å². The lowest BCUT2D eigenvalue weighted by molar-refractivity contribution is -0.153. The molecular weight excluding hydrogens is 256 g/mol. The van der Waals surface area contributed by atoms with E-state index in [0.717, 1.165) is 0 Å². The molecule has 0 aliphatic rings. The van der Waals surface area contributed by atoms with Gasteiger partial charge in [0.1, 0.15) is 5.54 Å². The highest BCUT2D eigenvalue weighted by molar-refractivity contribution is 5.90. The minimum atomic E-state index is -3.62. The second-order valence-electron chi connectivity index (χ2n) is 4.64. The van der Waals surface area contributed by atoms with Crippen LogP contribution >= 0.6 is 0 Å². The molecule has 2 N–H and O–H groups in total. The maximum absolute atomic E-state index is 12.8. The van der Waals surface area contributed by atoms with Crippen LogP contribution in [-0.2, 0) is 16.0 Å². The number of amides is 1. The highest BCUT2D eigenvalue weighted by Crippen LogP contribution is 2.18. The minimum absolute atomic E-state index is 0.0784. The van der Waals surface area contributed by atoms with Gasteiger partial charge in [-0.15, -0.1) is 0 Å². The number of halogens is 2. The van der Waals surface area contributed by atoms with Crippen LogP contribution in [0.1, 0.15) is 19.4 Å². The van der Waals surface area contributed by atoms with Crippen LogP contribution in [0.3, 0.4) is 0 Å². The van der Waals surface area contributed by atoms with Crippen LogP contribution in [0.15, 0.2) is 30.3 Å². The van der Waals surface area contributed by atoms with Crippen molar-refractivity contribution < 1.29 is 23.5 Å². The summed E-state index contributed by atoms with van der Waals surface area (Å²) in [6.07, 6.45) is -0.0784. The van der Waals surface area contributed by atoms with Crippen molar-refractivity contribution in [3.05, 3.63) is 35.9 Å². The molecule has 6 heteroatoms. The minimum Gasteiger partial charge on any atom is -0.480 e. The first kappa shape index (κ1) is 15.1. The van der Waals surface area contributed by atoms with E-state index in [-0.39, 0.29) is 6.42 Å². The van der Waals surface area contributed by atoms with Gasteiger partial charge >= 0.3 is 11.9 Å². The van der Waals surface area contributed by atoms with Crippen LogP contribution in [0.4, 0.5) is 8.78 Å². The van der Waals surface area contributed by atoms with Crippen LogP contribution in [0.2, 0.25) is 0 Å². The topological polar surface area (TPSA) is 66.4 Å². The summed E-state index contributed by atoms with van der Waals surface area (Å²) < 4.78 is 25.7. The number of carbonyl (C=O) groups excluding carboxylic acids is 1. The van der Waals surface area contributed by atoms with E-state index in [0.29, 0.717) is 12.5 Å². The molecule has 1 rings (SSSR count). The van der Waals surface area contributed by atoms with Gasteiger partial charge in [0.15, 0.2) is 0 Å². The molecule has 0 aromatic heterocycles. The molecule has 1 aromatic carbocycles. The van der Waals surface area contributed by atoms with Crippen molar-refractivity contribution in [1.29, 1.82) is 0 Å². The predicted molar refractivity (Wildman–Crippen MR) is 65.0 cm³/mol. The predicted octanol–water partition coefficient (Wildman–Crippen LogP) is 1.84. The fraction of sp³-hybridized carbons (Fsp3) is 0.385. The number of hydrogen-bond acceptors (Lipinski definition) is 2. The van der Waals surface area contributed by atoms with Gasteiger partial charge in [0.2, 0.25) is 0 Å². The summed E-state index contributed by atoms with van der Waals surface area (Å²) in [5.74, 6) is -6.59. The fourth-order valence-corrected chi connectivity index (χ4v) is 1.54. The molecule has 4 nitrogen and oxygen atoms in total. The molecule has 0 spiro atoms. The first-order chi connectivity index (χ1) is 8.65.